The van der Waals surface area contributed by atoms with E-state index >= 15 is 0 Å². The first-order valence-electron chi connectivity index (χ1n) is 21.4. The van der Waals surface area contributed by atoms with Crippen molar-refractivity contribution in [2.75, 3.05) is 98.1 Å². The predicted octanol–water partition coefficient (Wildman–Crippen LogP) is 6.57. The number of hydrogen-bond acceptors (Lipinski definition) is 10. The number of rotatable bonds is 28. The molecule has 3 N–H and O–H groups in total. The highest BCUT2D eigenvalue weighted by Crippen LogP contribution is 2.48. The van der Waals surface area contributed by atoms with E-state index in [1.165, 1.54) is 38.9 Å². The quantitative estimate of drug-likeness (QED) is 0.0374. The highest BCUT2D eigenvalue weighted by atomic mass is 32.2. The molecule has 63 heavy (non-hydrogen) atoms. The minimum atomic E-state index is -0.483. The highest BCUT2D eigenvalue weighted by Gasteiger charge is 2.36. The van der Waals surface area contributed by atoms with Crippen molar-refractivity contribution < 1.29 is 42.8 Å². The predicted molar refractivity (Wildman–Crippen MR) is 245 cm³/mol. The van der Waals surface area contributed by atoms with Gasteiger partial charge in [-0.3, -0.25) is 9.59 Å². The van der Waals surface area contributed by atoms with Crippen LogP contribution in [0, 0.1) is 0 Å². The Morgan fingerprint density at radius 1 is 0.460 bits per heavy atom. The van der Waals surface area contributed by atoms with Crippen molar-refractivity contribution in [3.8, 4) is 11.1 Å². The molecule has 0 bridgehead atoms. The summed E-state index contributed by atoms with van der Waals surface area (Å²) in [4.78, 5) is 36.9. The van der Waals surface area contributed by atoms with Crippen LogP contribution in [0.25, 0.3) is 11.1 Å². The highest BCUT2D eigenvalue weighted by molar-refractivity contribution is 8.00. The van der Waals surface area contributed by atoms with Crippen molar-refractivity contribution >= 4 is 29.7 Å². The van der Waals surface area contributed by atoms with Gasteiger partial charge in [0, 0.05) is 31.3 Å². The fourth-order valence-corrected chi connectivity index (χ4v) is 8.81. The number of benzene rings is 5. The van der Waals surface area contributed by atoms with Gasteiger partial charge in [0.25, 0.3) is 0 Å². The number of carbonyl (C=O) groups is 3. The van der Waals surface area contributed by atoms with E-state index in [-0.39, 0.29) is 57.4 Å². The van der Waals surface area contributed by atoms with Crippen molar-refractivity contribution in [1.29, 1.82) is 0 Å². The molecule has 0 unspecified atom stereocenters. The van der Waals surface area contributed by atoms with Gasteiger partial charge in [-0.25, -0.2) is 4.79 Å². The Morgan fingerprint density at radius 3 is 1.35 bits per heavy atom. The lowest BCUT2D eigenvalue weighted by atomic mass is 9.84. The van der Waals surface area contributed by atoms with Crippen LogP contribution < -0.4 is 16.0 Å². The van der Waals surface area contributed by atoms with Crippen LogP contribution in [0.1, 0.15) is 33.7 Å². The summed E-state index contributed by atoms with van der Waals surface area (Å²) in [6.07, 6.45) is -0.483. The molecule has 0 radical (unpaired) electrons. The van der Waals surface area contributed by atoms with E-state index in [0.717, 1.165) is 0 Å². The van der Waals surface area contributed by atoms with E-state index in [0.29, 0.717) is 58.4 Å². The fraction of sp³-hybridized carbons (Fsp3) is 0.340. The number of nitrogens with one attached hydrogen (secondary N) is 3. The first-order chi connectivity index (χ1) is 31.1. The molecule has 0 heterocycles. The average molecular weight is 876 g/mol. The lowest BCUT2D eigenvalue weighted by Crippen LogP contribution is -2.32. The van der Waals surface area contributed by atoms with Crippen LogP contribution in [0.2, 0.25) is 0 Å². The number of ether oxygens (including phenoxy) is 6. The van der Waals surface area contributed by atoms with Crippen molar-refractivity contribution in [3.05, 3.63) is 167 Å². The van der Waals surface area contributed by atoms with Gasteiger partial charge in [0.15, 0.2) is 0 Å². The van der Waals surface area contributed by atoms with Crippen LogP contribution in [0.4, 0.5) is 4.79 Å². The molecule has 5 aromatic carbocycles. The second kappa shape index (κ2) is 26.2. The maximum absolute atomic E-state index is 12.5. The molecule has 1 aliphatic rings. The Labute approximate surface area is 374 Å². The maximum Gasteiger partial charge on any atom is 0.407 e. The lowest BCUT2D eigenvalue weighted by Gasteiger charge is -2.35. The van der Waals surface area contributed by atoms with Gasteiger partial charge in [0.2, 0.25) is 11.8 Å². The van der Waals surface area contributed by atoms with Crippen molar-refractivity contribution in [2.24, 2.45) is 0 Å². The number of thioether (sulfide) groups is 1. The zero-order chi connectivity index (χ0) is 43.8. The number of fused-ring (bicyclic) bond motifs is 3. The summed E-state index contributed by atoms with van der Waals surface area (Å²) in [5, 5.41) is 8.44. The molecule has 1 aliphatic carbocycles. The van der Waals surface area contributed by atoms with Crippen LogP contribution >= 0.6 is 11.8 Å². The van der Waals surface area contributed by atoms with Crippen LogP contribution in [0.5, 0.6) is 0 Å². The third kappa shape index (κ3) is 14.2. The Kier molecular flexibility index (Phi) is 19.5. The second-order valence-electron chi connectivity index (χ2n) is 14.5. The third-order valence-corrected chi connectivity index (χ3v) is 11.8. The molecular formula is C50H57N3O9S. The van der Waals surface area contributed by atoms with Crippen molar-refractivity contribution in [1.82, 2.24) is 16.0 Å². The first-order valence-corrected chi connectivity index (χ1v) is 22.4. The summed E-state index contributed by atoms with van der Waals surface area (Å²) in [6, 6.07) is 47.8. The summed E-state index contributed by atoms with van der Waals surface area (Å²) < 4.78 is 32.5. The van der Waals surface area contributed by atoms with Gasteiger partial charge in [-0.2, -0.15) is 0 Å². The van der Waals surface area contributed by atoms with Crippen LogP contribution in [-0.4, -0.2) is 116 Å². The zero-order valence-corrected chi connectivity index (χ0v) is 36.4. The van der Waals surface area contributed by atoms with E-state index in [1.54, 1.807) is 11.8 Å². The molecule has 0 fully saturated rings. The van der Waals surface area contributed by atoms with Crippen LogP contribution in [-0.2, 0) is 42.8 Å². The standard InChI is InChI=1S/C50H57N3O9S/c54-47(51-24-27-57-29-30-58-28-25-53-49(56)62-36-46-44-22-12-10-20-42(44)43-21-11-13-23-45(43)46)37-60-33-31-59-32-34-61-38-48(55)52-26-35-63-50(39-14-4-1-5-15-39,40-16-6-2-7-17-40)41-18-8-3-9-19-41/h1-23,46H,24-38H2,(H,51,54)(H,52,55)(H,53,56). The minimum absolute atomic E-state index is 0.0111. The molecule has 6 rings (SSSR count). The summed E-state index contributed by atoms with van der Waals surface area (Å²) in [7, 11) is 0. The zero-order valence-electron chi connectivity index (χ0n) is 35.5. The number of alkyl carbamates (subject to hydrolysis) is 1. The molecule has 5 aromatic rings. The van der Waals surface area contributed by atoms with Gasteiger partial charge in [0.1, 0.15) is 19.8 Å². The molecule has 3 amide bonds. The smallest absolute Gasteiger partial charge is 0.407 e. The monoisotopic (exact) mass is 875 g/mol. The Balaban J connectivity index is 0.716. The van der Waals surface area contributed by atoms with Gasteiger partial charge in [-0.1, -0.05) is 140 Å². The van der Waals surface area contributed by atoms with Gasteiger partial charge in [0.05, 0.1) is 57.6 Å². The molecule has 0 aliphatic heterocycles. The van der Waals surface area contributed by atoms with Crippen LogP contribution in [0.15, 0.2) is 140 Å². The van der Waals surface area contributed by atoms with Crippen LogP contribution in [0.3, 0.4) is 0 Å². The van der Waals surface area contributed by atoms with E-state index in [2.05, 4.69) is 113 Å². The van der Waals surface area contributed by atoms with Crippen molar-refractivity contribution in [3.63, 3.8) is 0 Å². The van der Waals surface area contributed by atoms with Gasteiger partial charge >= 0.3 is 6.09 Å². The first kappa shape index (κ1) is 47.0. The van der Waals surface area contributed by atoms with Gasteiger partial charge < -0.3 is 44.4 Å². The Hall–Kier alpha value is -5.54. The number of hydrogen-bond donors (Lipinski definition) is 3. The largest absolute Gasteiger partial charge is 0.449 e. The summed E-state index contributed by atoms with van der Waals surface area (Å²) in [6.45, 7) is 3.65. The summed E-state index contributed by atoms with van der Waals surface area (Å²) in [5.41, 5.74) is 8.23. The number of amides is 3. The molecular weight excluding hydrogens is 819 g/mol. The van der Waals surface area contributed by atoms with Crippen molar-refractivity contribution in [2.45, 2.75) is 10.7 Å². The third-order valence-electron chi connectivity index (χ3n) is 10.3. The topological polar surface area (TPSA) is 143 Å². The van der Waals surface area contributed by atoms with E-state index in [9.17, 15) is 14.4 Å². The SMILES string of the molecule is O=C(COCCOCCOCC(=O)NCCSC(c1ccccc1)(c1ccccc1)c1ccccc1)NCCOCCOCCNC(=O)OCC1c2ccccc2-c2ccccc21. The second-order valence-corrected chi connectivity index (χ2v) is 15.8. The molecule has 12 nitrogen and oxygen atoms in total. The van der Waals surface area contributed by atoms with Gasteiger partial charge in [-0.05, 0) is 38.9 Å². The van der Waals surface area contributed by atoms with E-state index in [4.69, 9.17) is 28.4 Å². The molecule has 332 valence electrons. The summed E-state index contributed by atoms with van der Waals surface area (Å²) >= 11 is 1.79. The molecule has 0 atom stereocenters. The molecule has 13 heteroatoms. The molecule has 0 saturated carbocycles. The fourth-order valence-electron chi connectivity index (χ4n) is 7.39. The maximum atomic E-state index is 12.5. The Bertz CT molecular complexity index is 1990. The number of carbonyl (C=O) groups excluding carboxylic acids is 3. The molecule has 0 aromatic heterocycles. The molecule has 0 spiro atoms. The Morgan fingerprint density at radius 2 is 0.857 bits per heavy atom. The van der Waals surface area contributed by atoms with E-state index in [1.807, 2.05) is 42.5 Å². The van der Waals surface area contributed by atoms with Gasteiger partial charge in [-0.15, -0.1) is 11.8 Å². The summed E-state index contributed by atoms with van der Waals surface area (Å²) in [5.74, 6) is 0.251. The normalized spacial score (nSPS) is 12.0. The average Bonchev–Trinajstić information content (AvgIpc) is 3.65. The molecule has 0 saturated heterocycles. The lowest BCUT2D eigenvalue weighted by molar-refractivity contribution is -0.126. The van der Waals surface area contributed by atoms with E-state index < -0.39 is 10.8 Å². The minimum Gasteiger partial charge on any atom is -0.449 e.